The number of carbonyl (C=O) groups is 2. The molecule has 0 bridgehead atoms. The third-order valence-corrected chi connectivity index (χ3v) is 2.25. The maximum Gasteiger partial charge on any atom is 0.303 e. The minimum absolute atomic E-state index is 0.103. The molecule has 5 nitrogen and oxygen atoms in total. The van der Waals surface area contributed by atoms with Crippen LogP contribution < -0.4 is 0 Å². The van der Waals surface area contributed by atoms with Gasteiger partial charge < -0.3 is 14.5 Å². The minimum atomic E-state index is -0.410. The van der Waals surface area contributed by atoms with Gasteiger partial charge in [-0.3, -0.25) is 9.59 Å². The second-order valence-electron chi connectivity index (χ2n) is 3.46. The number of rotatable bonds is 2. The van der Waals surface area contributed by atoms with E-state index < -0.39 is 5.97 Å². The molecule has 1 saturated heterocycles. The lowest BCUT2D eigenvalue weighted by Crippen LogP contribution is -2.48. The Morgan fingerprint density at radius 1 is 1.21 bits per heavy atom. The lowest BCUT2D eigenvalue weighted by atomic mass is 10.3. The van der Waals surface area contributed by atoms with E-state index in [4.69, 9.17) is 0 Å². The number of hydrogen-bond acceptors (Lipinski definition) is 4. The molecule has 0 aromatic carbocycles. The Bertz CT molecular complexity index is 222. The molecule has 0 aromatic rings. The maximum atomic E-state index is 11.4. The van der Waals surface area contributed by atoms with Crippen LogP contribution in [0.25, 0.3) is 0 Å². The van der Waals surface area contributed by atoms with Gasteiger partial charge in [-0.25, -0.2) is 0 Å². The van der Waals surface area contributed by atoms with Crippen molar-refractivity contribution in [2.45, 2.75) is 6.92 Å². The molecule has 80 valence electrons. The molecule has 0 aromatic heterocycles. The number of nitrogens with zero attached hydrogens (tertiary/aromatic N) is 2. The zero-order valence-electron chi connectivity index (χ0n) is 8.65. The zero-order valence-corrected chi connectivity index (χ0v) is 8.65. The number of carbonyl (C=O) groups excluding carboxylic acids is 2. The van der Waals surface area contributed by atoms with Gasteiger partial charge in [-0.15, -0.1) is 0 Å². The molecule has 1 fully saturated rings. The van der Waals surface area contributed by atoms with Gasteiger partial charge in [0.25, 0.3) is 5.91 Å². The fourth-order valence-corrected chi connectivity index (χ4v) is 1.31. The molecule has 0 radical (unpaired) electrons. The van der Waals surface area contributed by atoms with E-state index in [1.54, 1.807) is 4.90 Å². The Morgan fingerprint density at radius 2 is 1.79 bits per heavy atom. The monoisotopic (exact) mass is 200 g/mol. The first-order valence-electron chi connectivity index (χ1n) is 4.69. The van der Waals surface area contributed by atoms with Crippen LogP contribution >= 0.6 is 0 Å². The summed E-state index contributed by atoms with van der Waals surface area (Å²) in [4.78, 5) is 25.8. The molecular formula is C9H16N2O3. The smallest absolute Gasteiger partial charge is 0.303 e. The minimum Gasteiger partial charge on any atom is -0.456 e. The van der Waals surface area contributed by atoms with Crippen LogP contribution in [-0.2, 0) is 14.3 Å². The van der Waals surface area contributed by atoms with Crippen molar-refractivity contribution >= 4 is 11.9 Å². The number of amides is 1. The van der Waals surface area contributed by atoms with E-state index in [2.05, 4.69) is 9.64 Å². The Morgan fingerprint density at radius 3 is 2.29 bits per heavy atom. The van der Waals surface area contributed by atoms with E-state index in [0.29, 0.717) is 0 Å². The van der Waals surface area contributed by atoms with Crippen LogP contribution in [0, 0.1) is 0 Å². The van der Waals surface area contributed by atoms with Crippen LogP contribution in [0.4, 0.5) is 0 Å². The first kappa shape index (κ1) is 11.0. The summed E-state index contributed by atoms with van der Waals surface area (Å²) in [5.41, 5.74) is 0. The van der Waals surface area contributed by atoms with Crippen molar-refractivity contribution in [1.82, 2.24) is 9.80 Å². The number of esters is 1. The fraction of sp³-hybridized carbons (Fsp3) is 0.778. The molecule has 0 spiro atoms. The molecule has 1 amide bonds. The average Bonchev–Trinajstić information content (AvgIpc) is 2.15. The van der Waals surface area contributed by atoms with Crippen molar-refractivity contribution in [1.29, 1.82) is 0 Å². The van der Waals surface area contributed by atoms with Crippen LogP contribution in [0.15, 0.2) is 0 Å². The molecule has 1 heterocycles. The molecule has 14 heavy (non-hydrogen) atoms. The van der Waals surface area contributed by atoms with Gasteiger partial charge in [0.15, 0.2) is 6.61 Å². The van der Waals surface area contributed by atoms with Crippen molar-refractivity contribution in [2.75, 3.05) is 39.8 Å². The van der Waals surface area contributed by atoms with Gasteiger partial charge in [-0.2, -0.15) is 0 Å². The van der Waals surface area contributed by atoms with Crippen LogP contribution in [0.5, 0.6) is 0 Å². The van der Waals surface area contributed by atoms with Gasteiger partial charge in [0.05, 0.1) is 0 Å². The van der Waals surface area contributed by atoms with E-state index >= 15 is 0 Å². The summed E-state index contributed by atoms with van der Waals surface area (Å²) < 4.78 is 4.64. The summed E-state index contributed by atoms with van der Waals surface area (Å²) in [7, 11) is 2.02. The standard InChI is InChI=1S/C9H16N2O3/c1-8(12)14-7-9(13)11-5-3-10(2)4-6-11/h3-7H2,1-2H3. The summed E-state index contributed by atoms with van der Waals surface area (Å²) in [6, 6.07) is 0. The first-order valence-corrected chi connectivity index (χ1v) is 4.69. The number of hydrogen-bond donors (Lipinski definition) is 0. The molecule has 0 atom stereocenters. The highest BCUT2D eigenvalue weighted by atomic mass is 16.5. The molecule has 1 aliphatic heterocycles. The second kappa shape index (κ2) is 4.95. The molecule has 1 aliphatic rings. The van der Waals surface area contributed by atoms with Gasteiger partial charge in [0, 0.05) is 33.1 Å². The lowest BCUT2D eigenvalue weighted by molar-refractivity contribution is -0.150. The van der Waals surface area contributed by atoms with E-state index in [1.807, 2.05) is 7.05 Å². The topological polar surface area (TPSA) is 49.9 Å². The molecule has 0 aliphatic carbocycles. The number of piperazine rings is 1. The highest BCUT2D eigenvalue weighted by Gasteiger charge is 2.19. The second-order valence-corrected chi connectivity index (χ2v) is 3.46. The quantitative estimate of drug-likeness (QED) is 0.554. The molecular weight excluding hydrogens is 184 g/mol. The predicted octanol–water partition coefficient (Wildman–Crippen LogP) is -0.676. The van der Waals surface area contributed by atoms with Crippen molar-refractivity contribution in [2.24, 2.45) is 0 Å². The van der Waals surface area contributed by atoms with Gasteiger partial charge in [-0.05, 0) is 7.05 Å². The fourth-order valence-electron chi connectivity index (χ4n) is 1.31. The van der Waals surface area contributed by atoms with Gasteiger partial charge in [0.1, 0.15) is 0 Å². The van der Waals surface area contributed by atoms with Gasteiger partial charge in [-0.1, -0.05) is 0 Å². The van der Waals surface area contributed by atoms with E-state index in [1.165, 1.54) is 6.92 Å². The van der Waals surface area contributed by atoms with E-state index in [0.717, 1.165) is 26.2 Å². The molecule has 0 N–H and O–H groups in total. The van der Waals surface area contributed by atoms with Crippen LogP contribution in [-0.4, -0.2) is 61.5 Å². The Kier molecular flexibility index (Phi) is 3.88. The third kappa shape index (κ3) is 3.33. The van der Waals surface area contributed by atoms with E-state index in [-0.39, 0.29) is 12.5 Å². The summed E-state index contributed by atoms with van der Waals surface area (Å²) in [6.07, 6.45) is 0. The van der Waals surface area contributed by atoms with Crippen LogP contribution in [0.3, 0.4) is 0 Å². The predicted molar refractivity (Wildman–Crippen MR) is 50.7 cm³/mol. The lowest BCUT2D eigenvalue weighted by Gasteiger charge is -2.32. The summed E-state index contributed by atoms with van der Waals surface area (Å²) in [5.74, 6) is -0.513. The van der Waals surface area contributed by atoms with E-state index in [9.17, 15) is 9.59 Å². The summed E-state index contributed by atoms with van der Waals surface area (Å²) in [5, 5.41) is 0. The van der Waals surface area contributed by atoms with Crippen LogP contribution in [0.2, 0.25) is 0 Å². The Labute approximate surface area is 83.6 Å². The summed E-state index contributed by atoms with van der Waals surface area (Å²) >= 11 is 0. The Hall–Kier alpha value is -1.10. The van der Waals surface area contributed by atoms with Crippen molar-refractivity contribution < 1.29 is 14.3 Å². The van der Waals surface area contributed by atoms with Gasteiger partial charge >= 0.3 is 5.97 Å². The number of likely N-dealkylation sites (N-methyl/N-ethyl adjacent to an activating group) is 1. The molecule has 0 saturated carbocycles. The van der Waals surface area contributed by atoms with Crippen molar-refractivity contribution in [3.05, 3.63) is 0 Å². The average molecular weight is 200 g/mol. The van der Waals surface area contributed by atoms with Crippen molar-refractivity contribution in [3.8, 4) is 0 Å². The summed E-state index contributed by atoms with van der Waals surface area (Å²) in [6.45, 7) is 4.38. The molecule has 1 rings (SSSR count). The Balaban J connectivity index is 2.27. The number of ether oxygens (including phenoxy) is 1. The van der Waals surface area contributed by atoms with Crippen molar-refractivity contribution in [3.63, 3.8) is 0 Å². The molecule has 5 heteroatoms. The third-order valence-electron chi connectivity index (χ3n) is 2.25. The molecule has 0 unspecified atom stereocenters. The highest BCUT2D eigenvalue weighted by molar-refractivity contribution is 5.80. The van der Waals surface area contributed by atoms with Gasteiger partial charge in [0.2, 0.25) is 0 Å². The maximum absolute atomic E-state index is 11.4. The first-order chi connectivity index (χ1) is 6.59. The highest BCUT2D eigenvalue weighted by Crippen LogP contribution is 1.99. The zero-order chi connectivity index (χ0) is 10.6. The SMILES string of the molecule is CC(=O)OCC(=O)N1CCN(C)CC1. The largest absolute Gasteiger partial charge is 0.456 e. The normalized spacial score (nSPS) is 18.0. The van der Waals surface area contributed by atoms with Crippen LogP contribution in [0.1, 0.15) is 6.92 Å².